The predicted octanol–water partition coefficient (Wildman–Crippen LogP) is 0.784. The number of aryl methyl sites for hydroxylation is 1. The number of primary amides is 1. The van der Waals surface area contributed by atoms with Gasteiger partial charge in [0.25, 0.3) is 22.7 Å². The Morgan fingerprint density at radius 1 is 1.10 bits per heavy atom. The number of amides is 2. The summed E-state index contributed by atoms with van der Waals surface area (Å²) in [4.78, 5) is 76.1. The maximum absolute atomic E-state index is 13.5. The van der Waals surface area contributed by atoms with Crippen molar-refractivity contribution in [3.05, 3.63) is 125 Å². The smallest absolute Gasteiger partial charge is 0.439 e. The molecule has 6 aromatic rings. The first-order valence-electron chi connectivity index (χ1n) is 15.1. The number of nitrogens with zero attached hydrogens (tertiary/aromatic N) is 4. The Hall–Kier alpha value is -6.73. The van der Waals surface area contributed by atoms with Crippen molar-refractivity contribution in [2.45, 2.75) is 32.0 Å². The summed E-state index contributed by atoms with van der Waals surface area (Å²) in [6.07, 6.45) is 2.37. The Morgan fingerprint density at radius 2 is 1.87 bits per heavy atom. The Kier molecular flexibility index (Phi) is 10.3. The molecule has 1 atom stereocenters. The molecule has 10 N–H and O–H groups in total. The number of nitrogens with two attached hydrogens (primary N) is 3. The first kappa shape index (κ1) is 36.5. The van der Waals surface area contributed by atoms with Crippen LogP contribution in [-0.2, 0) is 19.5 Å². The zero-order valence-corrected chi connectivity index (χ0v) is 27.5. The third kappa shape index (κ3) is 6.98. The summed E-state index contributed by atoms with van der Waals surface area (Å²) >= 11 is 0. The largest absolute Gasteiger partial charge is 0.477 e. The number of nitrogen functional groups attached to an aromatic ring is 1. The van der Waals surface area contributed by atoms with E-state index in [4.69, 9.17) is 17.2 Å². The van der Waals surface area contributed by atoms with E-state index in [1.807, 2.05) is 12.1 Å². The van der Waals surface area contributed by atoms with Crippen LogP contribution >= 0.6 is 12.4 Å². The maximum Gasteiger partial charge on any atom is 0.439 e. The highest BCUT2D eigenvalue weighted by Gasteiger charge is 2.27. The van der Waals surface area contributed by atoms with Gasteiger partial charge in [0.05, 0.1) is 12.2 Å². The summed E-state index contributed by atoms with van der Waals surface area (Å²) in [7, 11) is 0. The van der Waals surface area contributed by atoms with Crippen LogP contribution < -0.4 is 44.4 Å². The molecule has 0 spiro atoms. The van der Waals surface area contributed by atoms with Crippen molar-refractivity contribution < 1.29 is 28.4 Å². The van der Waals surface area contributed by atoms with E-state index in [9.17, 15) is 38.3 Å². The molecule has 3 heterocycles. The minimum Gasteiger partial charge on any atom is -0.477 e. The van der Waals surface area contributed by atoms with Crippen molar-refractivity contribution in [1.29, 1.82) is 0 Å². The lowest BCUT2D eigenvalue weighted by atomic mass is 10.0. The number of carboxylic acid groups (broad SMARTS) is 1. The second-order valence-electron chi connectivity index (χ2n) is 11.3. The molecule has 0 aliphatic heterocycles. The Balaban J connectivity index is 0.000000234. The van der Waals surface area contributed by atoms with Gasteiger partial charge in [-0.1, -0.05) is 23.4 Å². The molecule has 268 valence electrons. The quantitative estimate of drug-likeness (QED) is 0.101. The van der Waals surface area contributed by atoms with Crippen LogP contribution in [-0.4, -0.2) is 47.6 Å². The Bertz CT molecular complexity index is 2500. The Labute approximate surface area is 295 Å². The number of hydrogen-bond donors (Lipinski definition) is 7. The first-order chi connectivity index (χ1) is 24.4. The van der Waals surface area contributed by atoms with E-state index in [1.54, 1.807) is 18.2 Å². The van der Waals surface area contributed by atoms with Gasteiger partial charge < -0.3 is 32.9 Å². The molecule has 0 unspecified atom stereocenters. The number of carbonyl (C=O) groups excluding carboxylic acids is 2. The van der Waals surface area contributed by atoms with Gasteiger partial charge in [0.15, 0.2) is 17.2 Å². The van der Waals surface area contributed by atoms with Gasteiger partial charge in [-0.25, -0.2) is 23.5 Å². The van der Waals surface area contributed by atoms with Gasteiger partial charge in [-0.3, -0.25) is 28.7 Å². The summed E-state index contributed by atoms with van der Waals surface area (Å²) in [5.41, 5.74) is 17.6. The third-order valence-corrected chi connectivity index (χ3v) is 8.18. The van der Waals surface area contributed by atoms with Crippen molar-refractivity contribution in [3.8, 4) is 11.4 Å². The number of aromatic amines is 1. The van der Waals surface area contributed by atoms with Crippen molar-refractivity contribution in [1.82, 2.24) is 30.1 Å². The van der Waals surface area contributed by atoms with Crippen molar-refractivity contribution >= 4 is 47.2 Å². The molecule has 7 rings (SSSR count). The number of rotatable bonds is 9. The van der Waals surface area contributed by atoms with Crippen LogP contribution in [0.1, 0.15) is 66.1 Å². The lowest BCUT2D eigenvalue weighted by molar-refractivity contribution is 0.0686. The van der Waals surface area contributed by atoms with Crippen molar-refractivity contribution in [3.63, 3.8) is 0 Å². The highest BCUT2D eigenvalue weighted by Crippen LogP contribution is 2.33. The van der Waals surface area contributed by atoms with E-state index in [2.05, 4.69) is 35.4 Å². The molecule has 0 saturated heterocycles. The summed E-state index contributed by atoms with van der Waals surface area (Å²) in [6, 6.07) is 10.7. The zero-order chi connectivity index (χ0) is 36.6. The van der Waals surface area contributed by atoms with Gasteiger partial charge in [-0.2, -0.15) is 5.10 Å². The molecule has 1 aliphatic rings. The van der Waals surface area contributed by atoms with Crippen molar-refractivity contribution in [2.75, 3.05) is 11.1 Å². The van der Waals surface area contributed by atoms with Crippen molar-refractivity contribution in [2.24, 2.45) is 11.5 Å². The van der Waals surface area contributed by atoms with E-state index in [0.29, 0.717) is 36.3 Å². The molecule has 20 heteroatoms. The summed E-state index contributed by atoms with van der Waals surface area (Å²) in [5.74, 6) is -3.56. The van der Waals surface area contributed by atoms with E-state index in [0.717, 1.165) is 33.5 Å². The van der Waals surface area contributed by atoms with E-state index >= 15 is 0 Å². The van der Waals surface area contributed by atoms with Crippen LogP contribution in [0.25, 0.3) is 17.0 Å². The molecule has 0 saturated carbocycles. The molecule has 0 bridgehead atoms. The first-order valence-corrected chi connectivity index (χ1v) is 15.1. The Morgan fingerprint density at radius 3 is 2.52 bits per heavy atom. The number of aromatic carboxylic acids is 1. The number of fused-ring (bicyclic) bond motifs is 2. The summed E-state index contributed by atoms with van der Waals surface area (Å²) < 4.78 is 18.9. The summed E-state index contributed by atoms with van der Waals surface area (Å²) in [5, 5.41) is 22.5. The second kappa shape index (κ2) is 14.6. The number of hydrogen-bond acceptors (Lipinski definition) is 13. The number of benzene rings is 2. The number of carboxylic acids is 1. The van der Waals surface area contributed by atoms with E-state index in [-0.39, 0.29) is 59.0 Å². The van der Waals surface area contributed by atoms with Gasteiger partial charge in [-0.15, -0.1) is 12.4 Å². The molecule has 2 amide bonds. The van der Waals surface area contributed by atoms with Crippen LogP contribution in [0.5, 0.6) is 0 Å². The average Bonchev–Trinajstić information content (AvgIpc) is 3.86. The summed E-state index contributed by atoms with van der Waals surface area (Å²) in [6.45, 7) is 0.379. The van der Waals surface area contributed by atoms with Gasteiger partial charge in [0, 0.05) is 30.3 Å². The van der Waals surface area contributed by atoms with Gasteiger partial charge in [0.2, 0.25) is 0 Å². The number of H-pyrrole nitrogens is 1. The molecule has 1 aliphatic carbocycles. The maximum atomic E-state index is 13.5. The lowest BCUT2D eigenvalue weighted by Gasteiger charge is -2.14. The fraction of sp³-hybridized carbons (Fsp3) is 0.156. The van der Waals surface area contributed by atoms with Crippen LogP contribution in [0, 0.1) is 5.82 Å². The lowest BCUT2D eigenvalue weighted by Crippen LogP contribution is -2.37. The second-order valence-corrected chi connectivity index (χ2v) is 11.3. The SMILES string of the molecule is Cl.NC(=O)c1cnn2c(C(=O)O)cc(C(=O)N[C@H]3CCc4cc(-c5noc(=O)[nH]5)ccc43)nc12.NCc1ccc(F)c(CNc2c(N)c(=O)c2=O)c1. The van der Waals surface area contributed by atoms with Gasteiger partial charge in [-0.05, 0) is 47.7 Å². The van der Waals surface area contributed by atoms with Gasteiger partial charge >= 0.3 is 11.7 Å². The molecule has 18 nitrogen and oxygen atoms in total. The number of halogens is 2. The molecule has 52 heavy (non-hydrogen) atoms. The number of anilines is 2. The minimum atomic E-state index is -1.35. The van der Waals surface area contributed by atoms with Crippen LogP contribution in [0.2, 0.25) is 0 Å². The molecule has 3 aromatic carbocycles. The molecular weight excluding hydrogens is 707 g/mol. The van der Waals surface area contributed by atoms with Crippen LogP contribution in [0.4, 0.5) is 15.8 Å². The highest BCUT2D eigenvalue weighted by molar-refractivity contribution is 6.01. The van der Waals surface area contributed by atoms with E-state index in [1.165, 1.54) is 6.07 Å². The van der Waals surface area contributed by atoms with Gasteiger partial charge in [0.1, 0.15) is 28.4 Å². The van der Waals surface area contributed by atoms with Crippen LogP contribution in [0.15, 0.2) is 67.6 Å². The standard InChI is InChI=1S/C20H15N7O6.C12H12FN3O2.ClH/c21-15(28)11-7-22-27-14(19(30)31)6-13(23-17(11)27)18(29)24-12-4-2-8-5-9(1-3-10(8)12)16-25-20(32)33-26-16;13-8-2-1-6(4-14)3-7(8)5-16-10-9(15)11(17)12(10)18;/h1,3,5-7,12H,2,4H2,(H2,21,28)(H,24,29)(H,30,31)(H,25,26,32);1-3,16H,4-5,14-15H2;1H/t12-;;/m0../s1. The highest BCUT2D eigenvalue weighted by atomic mass is 35.5. The number of carbonyl (C=O) groups is 3. The molecule has 0 radical (unpaired) electrons. The average molecular weight is 735 g/mol. The topological polar surface area (TPSA) is 297 Å². The van der Waals surface area contributed by atoms with Crippen LogP contribution in [0.3, 0.4) is 0 Å². The fourth-order valence-electron chi connectivity index (χ4n) is 5.57. The zero-order valence-electron chi connectivity index (χ0n) is 26.6. The normalized spacial score (nSPS) is 13.2. The fourth-order valence-corrected chi connectivity index (χ4v) is 5.57. The molecule has 0 fully saturated rings. The molecule has 3 aromatic heterocycles. The monoisotopic (exact) mass is 734 g/mol. The number of aromatic nitrogens is 5. The van der Waals surface area contributed by atoms with E-state index < -0.39 is 40.2 Å². The third-order valence-electron chi connectivity index (χ3n) is 8.18. The predicted molar refractivity (Wildman–Crippen MR) is 184 cm³/mol. The molecular formula is C32H28ClFN10O8. The number of nitrogens with one attached hydrogen (secondary N) is 3. The minimum absolute atomic E-state index is 0.